The summed E-state index contributed by atoms with van der Waals surface area (Å²) in [6, 6.07) is 5.79. The average molecular weight is 249 g/mol. The molecule has 0 spiro atoms. The Hall–Kier alpha value is -1.26. The molecule has 1 aliphatic heterocycles. The van der Waals surface area contributed by atoms with Crippen molar-refractivity contribution in [3.8, 4) is 0 Å². The molecule has 1 saturated heterocycles. The maximum Gasteiger partial charge on any atom is 0.0594 e. The molecule has 4 nitrogen and oxygen atoms in total. The van der Waals surface area contributed by atoms with E-state index in [0.717, 1.165) is 56.2 Å². The summed E-state index contributed by atoms with van der Waals surface area (Å²) >= 11 is 0. The molecule has 1 aromatic rings. The van der Waals surface area contributed by atoms with E-state index in [9.17, 15) is 0 Å². The lowest BCUT2D eigenvalue weighted by Crippen LogP contribution is -2.39. The molecule has 0 bridgehead atoms. The lowest BCUT2D eigenvalue weighted by atomic mass is 9.92. The zero-order valence-corrected chi connectivity index (χ0v) is 11.1. The van der Waals surface area contributed by atoms with E-state index in [1.54, 1.807) is 0 Å². The van der Waals surface area contributed by atoms with Crippen molar-refractivity contribution >= 4 is 11.4 Å². The zero-order valence-electron chi connectivity index (χ0n) is 11.1. The summed E-state index contributed by atoms with van der Waals surface area (Å²) in [5.41, 5.74) is 14.9. The molecule has 0 aromatic heterocycles. The van der Waals surface area contributed by atoms with Crippen molar-refractivity contribution in [1.82, 2.24) is 4.90 Å². The van der Waals surface area contributed by atoms with Gasteiger partial charge in [-0.05, 0) is 18.6 Å². The number of morpholine rings is 1. The molecule has 1 unspecified atom stereocenters. The SMILES string of the molecule is CCC(CN1CCOCC1)c1c(N)cccc1N. The topological polar surface area (TPSA) is 64.5 Å². The van der Waals surface area contributed by atoms with E-state index in [1.165, 1.54) is 0 Å². The van der Waals surface area contributed by atoms with Crippen LogP contribution in [-0.4, -0.2) is 37.7 Å². The van der Waals surface area contributed by atoms with Crippen molar-refractivity contribution in [3.63, 3.8) is 0 Å². The van der Waals surface area contributed by atoms with Crippen LogP contribution in [0.25, 0.3) is 0 Å². The first-order chi connectivity index (χ1) is 8.72. The molecule has 4 N–H and O–H groups in total. The Morgan fingerprint density at radius 1 is 1.22 bits per heavy atom. The molecule has 1 aromatic carbocycles. The molecule has 100 valence electrons. The summed E-state index contributed by atoms with van der Waals surface area (Å²) < 4.78 is 5.38. The monoisotopic (exact) mass is 249 g/mol. The van der Waals surface area contributed by atoms with Crippen LogP contribution in [0.4, 0.5) is 11.4 Å². The van der Waals surface area contributed by atoms with Gasteiger partial charge >= 0.3 is 0 Å². The van der Waals surface area contributed by atoms with E-state index < -0.39 is 0 Å². The highest BCUT2D eigenvalue weighted by molar-refractivity contribution is 5.62. The minimum atomic E-state index is 0.407. The third-order valence-electron chi connectivity index (χ3n) is 3.66. The molecule has 1 fully saturated rings. The maximum atomic E-state index is 6.08. The second-order valence-corrected chi connectivity index (χ2v) is 4.87. The highest BCUT2D eigenvalue weighted by Crippen LogP contribution is 2.31. The fourth-order valence-corrected chi connectivity index (χ4v) is 2.59. The number of ether oxygens (including phenoxy) is 1. The largest absolute Gasteiger partial charge is 0.398 e. The highest BCUT2D eigenvalue weighted by Gasteiger charge is 2.20. The van der Waals surface area contributed by atoms with E-state index >= 15 is 0 Å². The first-order valence-electron chi connectivity index (χ1n) is 6.66. The molecule has 0 saturated carbocycles. The Kier molecular flexibility index (Phi) is 4.44. The number of rotatable bonds is 4. The summed E-state index contributed by atoms with van der Waals surface area (Å²) in [5, 5.41) is 0. The Morgan fingerprint density at radius 3 is 2.39 bits per heavy atom. The van der Waals surface area contributed by atoms with Crippen molar-refractivity contribution in [1.29, 1.82) is 0 Å². The van der Waals surface area contributed by atoms with Crippen molar-refractivity contribution in [2.75, 3.05) is 44.3 Å². The minimum Gasteiger partial charge on any atom is -0.398 e. The maximum absolute atomic E-state index is 6.08. The van der Waals surface area contributed by atoms with E-state index in [1.807, 2.05) is 18.2 Å². The van der Waals surface area contributed by atoms with E-state index in [-0.39, 0.29) is 0 Å². The second kappa shape index (κ2) is 6.07. The fraction of sp³-hybridized carbons (Fsp3) is 0.571. The zero-order chi connectivity index (χ0) is 13.0. The average Bonchev–Trinajstić information content (AvgIpc) is 2.38. The van der Waals surface area contributed by atoms with Crippen LogP contribution in [0.15, 0.2) is 18.2 Å². The van der Waals surface area contributed by atoms with Crippen molar-refractivity contribution in [3.05, 3.63) is 23.8 Å². The Balaban J connectivity index is 2.12. The summed E-state index contributed by atoms with van der Waals surface area (Å²) in [4.78, 5) is 2.43. The molecular formula is C14H23N3O. The van der Waals surface area contributed by atoms with Crippen LogP contribution in [0.1, 0.15) is 24.8 Å². The molecule has 1 heterocycles. The minimum absolute atomic E-state index is 0.407. The Morgan fingerprint density at radius 2 is 1.83 bits per heavy atom. The van der Waals surface area contributed by atoms with Crippen molar-refractivity contribution in [2.24, 2.45) is 0 Å². The van der Waals surface area contributed by atoms with Gasteiger partial charge in [-0.3, -0.25) is 4.90 Å². The first kappa shape index (κ1) is 13.2. The smallest absolute Gasteiger partial charge is 0.0594 e. The molecular weight excluding hydrogens is 226 g/mol. The van der Waals surface area contributed by atoms with Gasteiger partial charge in [-0.25, -0.2) is 0 Å². The third kappa shape index (κ3) is 2.94. The number of nitrogens with zero attached hydrogens (tertiary/aromatic N) is 1. The van der Waals surface area contributed by atoms with Crippen LogP contribution in [-0.2, 0) is 4.74 Å². The van der Waals surface area contributed by atoms with Crippen LogP contribution in [0, 0.1) is 0 Å². The number of benzene rings is 1. The first-order valence-corrected chi connectivity index (χ1v) is 6.66. The van der Waals surface area contributed by atoms with Crippen LogP contribution in [0.5, 0.6) is 0 Å². The van der Waals surface area contributed by atoms with Crippen LogP contribution in [0.2, 0.25) is 0 Å². The van der Waals surface area contributed by atoms with Gasteiger partial charge in [0.15, 0.2) is 0 Å². The van der Waals surface area contributed by atoms with E-state index in [0.29, 0.717) is 5.92 Å². The number of nitrogen functional groups attached to an aromatic ring is 2. The molecule has 4 heteroatoms. The van der Waals surface area contributed by atoms with Crippen molar-refractivity contribution < 1.29 is 4.74 Å². The predicted molar refractivity (Wildman–Crippen MR) is 75.6 cm³/mol. The lowest BCUT2D eigenvalue weighted by molar-refractivity contribution is 0.0349. The van der Waals surface area contributed by atoms with Crippen LogP contribution < -0.4 is 11.5 Å². The second-order valence-electron chi connectivity index (χ2n) is 4.87. The normalized spacial score (nSPS) is 18.7. The lowest BCUT2D eigenvalue weighted by Gasteiger charge is -2.31. The fourth-order valence-electron chi connectivity index (χ4n) is 2.59. The molecule has 0 amide bonds. The molecule has 2 rings (SSSR count). The highest BCUT2D eigenvalue weighted by atomic mass is 16.5. The van der Waals surface area contributed by atoms with E-state index in [4.69, 9.17) is 16.2 Å². The summed E-state index contributed by atoms with van der Waals surface area (Å²) in [5.74, 6) is 0.407. The van der Waals surface area contributed by atoms with Gasteiger partial charge in [0.05, 0.1) is 13.2 Å². The van der Waals surface area contributed by atoms with Gasteiger partial charge in [0.1, 0.15) is 0 Å². The Labute approximate surface area is 109 Å². The molecule has 1 atom stereocenters. The quantitative estimate of drug-likeness (QED) is 0.797. The molecule has 18 heavy (non-hydrogen) atoms. The summed E-state index contributed by atoms with van der Waals surface area (Å²) in [7, 11) is 0. The van der Waals surface area contributed by atoms with Gasteiger partial charge in [0, 0.05) is 42.5 Å². The Bertz CT molecular complexity index is 368. The van der Waals surface area contributed by atoms with Crippen molar-refractivity contribution in [2.45, 2.75) is 19.3 Å². The van der Waals surface area contributed by atoms with Gasteiger partial charge in [-0.1, -0.05) is 13.0 Å². The van der Waals surface area contributed by atoms with Gasteiger partial charge in [-0.2, -0.15) is 0 Å². The number of hydrogen-bond donors (Lipinski definition) is 2. The molecule has 1 aliphatic rings. The summed E-state index contributed by atoms with van der Waals surface area (Å²) in [6.07, 6.45) is 1.05. The van der Waals surface area contributed by atoms with E-state index in [2.05, 4.69) is 11.8 Å². The summed E-state index contributed by atoms with van der Waals surface area (Å²) in [6.45, 7) is 6.87. The standard InChI is InChI=1S/C14H23N3O/c1-2-11(10-17-6-8-18-9-7-17)14-12(15)4-3-5-13(14)16/h3-5,11H,2,6-10,15-16H2,1H3. The van der Waals surface area contributed by atoms with Gasteiger partial charge in [0.25, 0.3) is 0 Å². The molecule has 0 aliphatic carbocycles. The predicted octanol–water partition coefficient (Wildman–Crippen LogP) is 1.68. The van der Waals surface area contributed by atoms with Crippen LogP contribution >= 0.6 is 0 Å². The number of hydrogen-bond acceptors (Lipinski definition) is 4. The van der Waals surface area contributed by atoms with Gasteiger partial charge in [0.2, 0.25) is 0 Å². The third-order valence-corrected chi connectivity index (χ3v) is 3.66. The van der Waals surface area contributed by atoms with Gasteiger partial charge < -0.3 is 16.2 Å². The van der Waals surface area contributed by atoms with Crippen LogP contribution in [0.3, 0.4) is 0 Å². The molecule has 0 radical (unpaired) electrons. The number of nitrogens with two attached hydrogens (primary N) is 2. The number of anilines is 2. The van der Waals surface area contributed by atoms with Gasteiger partial charge in [-0.15, -0.1) is 0 Å².